The molecule has 1 N–H and O–H groups in total. The Morgan fingerprint density at radius 3 is 2.15 bits per heavy atom. The Kier molecular flexibility index (Phi) is 4.65. The van der Waals surface area contributed by atoms with E-state index in [0.29, 0.717) is 16.0 Å². The molecule has 3 nitrogen and oxygen atoms in total. The minimum atomic E-state index is 0. The Morgan fingerprint density at radius 2 is 1.45 bits per heavy atom. The maximum absolute atomic E-state index is 6.03. The lowest BCUT2D eigenvalue weighted by molar-refractivity contribution is 1.05. The quantitative estimate of drug-likeness (QED) is 0.711. The van der Waals surface area contributed by atoms with Crippen molar-refractivity contribution in [2.75, 3.05) is 5.32 Å². The van der Waals surface area contributed by atoms with Gasteiger partial charge in [-0.05, 0) is 24.3 Å². The molecule has 0 spiro atoms. The van der Waals surface area contributed by atoms with Crippen LogP contribution >= 0.6 is 35.6 Å². The van der Waals surface area contributed by atoms with E-state index in [9.17, 15) is 0 Å². The van der Waals surface area contributed by atoms with Gasteiger partial charge in [0.25, 0.3) is 0 Å². The van der Waals surface area contributed by atoms with E-state index in [1.807, 2.05) is 48.5 Å². The Bertz CT molecular complexity index is 729. The van der Waals surface area contributed by atoms with Gasteiger partial charge < -0.3 is 5.32 Å². The SMILES string of the molecule is Cl.Clc1ccc(Nc2nnc(Cl)c3ccccc23)cc1. The molecule has 0 atom stereocenters. The first-order valence-electron chi connectivity index (χ1n) is 5.67. The molecule has 0 saturated heterocycles. The molecule has 1 heterocycles. The third-order valence-corrected chi connectivity index (χ3v) is 3.28. The highest BCUT2D eigenvalue weighted by Gasteiger charge is 2.07. The van der Waals surface area contributed by atoms with E-state index >= 15 is 0 Å². The molecule has 3 aromatic rings. The lowest BCUT2D eigenvalue weighted by Gasteiger charge is -2.08. The number of nitrogens with one attached hydrogen (secondary N) is 1. The van der Waals surface area contributed by atoms with Crippen LogP contribution in [0, 0.1) is 0 Å². The van der Waals surface area contributed by atoms with Crippen molar-refractivity contribution in [3.05, 3.63) is 58.7 Å². The number of anilines is 2. The average molecular weight is 327 g/mol. The minimum Gasteiger partial charge on any atom is -0.338 e. The number of hydrogen-bond acceptors (Lipinski definition) is 3. The van der Waals surface area contributed by atoms with Crippen LogP contribution in [-0.2, 0) is 0 Å². The number of halogens is 3. The molecule has 3 rings (SSSR count). The Morgan fingerprint density at radius 1 is 0.800 bits per heavy atom. The summed E-state index contributed by atoms with van der Waals surface area (Å²) in [5.41, 5.74) is 0.895. The van der Waals surface area contributed by atoms with Crippen molar-refractivity contribution in [3.63, 3.8) is 0 Å². The largest absolute Gasteiger partial charge is 0.338 e. The summed E-state index contributed by atoms with van der Waals surface area (Å²) in [6.07, 6.45) is 0. The first-order valence-corrected chi connectivity index (χ1v) is 6.43. The molecule has 1 aromatic heterocycles. The fourth-order valence-corrected chi connectivity index (χ4v) is 2.16. The van der Waals surface area contributed by atoms with E-state index in [0.717, 1.165) is 16.5 Å². The molecule has 0 amide bonds. The molecule has 0 aliphatic heterocycles. The second-order valence-corrected chi connectivity index (χ2v) is 4.81. The van der Waals surface area contributed by atoms with Crippen molar-refractivity contribution in [2.45, 2.75) is 0 Å². The first-order chi connectivity index (χ1) is 9.24. The number of hydrogen-bond donors (Lipinski definition) is 1. The van der Waals surface area contributed by atoms with Crippen LogP contribution in [0.5, 0.6) is 0 Å². The lowest BCUT2D eigenvalue weighted by Crippen LogP contribution is -1.97. The zero-order valence-electron chi connectivity index (χ0n) is 10.2. The smallest absolute Gasteiger partial charge is 0.161 e. The van der Waals surface area contributed by atoms with E-state index < -0.39 is 0 Å². The molecule has 0 unspecified atom stereocenters. The predicted molar refractivity (Wildman–Crippen MR) is 86.5 cm³/mol. The predicted octanol–water partition coefficient (Wildman–Crippen LogP) is 5.10. The summed E-state index contributed by atoms with van der Waals surface area (Å²) >= 11 is 11.9. The summed E-state index contributed by atoms with van der Waals surface area (Å²) in [4.78, 5) is 0. The third-order valence-electron chi connectivity index (χ3n) is 2.75. The maximum Gasteiger partial charge on any atom is 0.161 e. The average Bonchev–Trinajstić information content (AvgIpc) is 2.45. The van der Waals surface area contributed by atoms with E-state index in [2.05, 4.69) is 15.5 Å². The summed E-state index contributed by atoms with van der Waals surface area (Å²) in [5.74, 6) is 0.669. The number of benzene rings is 2. The van der Waals surface area contributed by atoms with Crippen molar-refractivity contribution in [1.82, 2.24) is 10.2 Å². The van der Waals surface area contributed by atoms with Gasteiger partial charge in [-0.15, -0.1) is 22.6 Å². The third kappa shape index (κ3) is 2.96. The van der Waals surface area contributed by atoms with Gasteiger partial charge in [0.1, 0.15) is 0 Å². The Balaban J connectivity index is 0.00000147. The molecule has 6 heteroatoms. The van der Waals surface area contributed by atoms with Gasteiger partial charge in [0.15, 0.2) is 11.0 Å². The summed E-state index contributed by atoms with van der Waals surface area (Å²) in [6.45, 7) is 0. The van der Waals surface area contributed by atoms with Gasteiger partial charge in [-0.25, -0.2) is 0 Å². The van der Waals surface area contributed by atoms with Crippen LogP contribution in [-0.4, -0.2) is 10.2 Å². The van der Waals surface area contributed by atoms with Crippen LogP contribution in [0.4, 0.5) is 11.5 Å². The molecule has 0 aliphatic carbocycles. The van der Waals surface area contributed by atoms with Crippen LogP contribution < -0.4 is 5.32 Å². The zero-order chi connectivity index (χ0) is 13.2. The molecule has 20 heavy (non-hydrogen) atoms. The van der Waals surface area contributed by atoms with Gasteiger partial charge in [-0.2, -0.15) is 0 Å². The van der Waals surface area contributed by atoms with Gasteiger partial charge in [-0.3, -0.25) is 0 Å². The summed E-state index contributed by atoms with van der Waals surface area (Å²) in [6, 6.07) is 15.1. The van der Waals surface area contributed by atoms with E-state index in [-0.39, 0.29) is 12.4 Å². The van der Waals surface area contributed by atoms with E-state index in [1.165, 1.54) is 0 Å². The van der Waals surface area contributed by atoms with E-state index in [4.69, 9.17) is 23.2 Å². The second-order valence-electron chi connectivity index (χ2n) is 4.02. The summed E-state index contributed by atoms with van der Waals surface area (Å²) < 4.78 is 0. The molecule has 0 bridgehead atoms. The molecular formula is C14H10Cl3N3. The Labute approximate surface area is 132 Å². The van der Waals surface area contributed by atoms with Crippen LogP contribution in [0.25, 0.3) is 10.8 Å². The standard InChI is InChI=1S/C14H9Cl2N3.ClH/c15-9-5-7-10(8-6-9)17-14-12-4-2-1-3-11(12)13(16)18-19-14;/h1-8H,(H,17,19);1H. The maximum atomic E-state index is 6.03. The van der Waals surface area contributed by atoms with Crippen LogP contribution in [0.1, 0.15) is 0 Å². The zero-order valence-corrected chi connectivity index (χ0v) is 12.5. The van der Waals surface area contributed by atoms with Gasteiger partial charge in [-0.1, -0.05) is 47.5 Å². The Hall–Kier alpha value is -1.55. The molecule has 102 valence electrons. The van der Waals surface area contributed by atoms with Gasteiger partial charge >= 0.3 is 0 Å². The summed E-state index contributed by atoms with van der Waals surface area (Å²) in [5, 5.41) is 14.1. The second kappa shape index (κ2) is 6.27. The highest BCUT2D eigenvalue weighted by molar-refractivity contribution is 6.34. The van der Waals surface area contributed by atoms with E-state index in [1.54, 1.807) is 0 Å². The summed E-state index contributed by atoms with van der Waals surface area (Å²) in [7, 11) is 0. The van der Waals surface area contributed by atoms with Crippen molar-refractivity contribution >= 4 is 57.9 Å². The van der Waals surface area contributed by atoms with Crippen LogP contribution in [0.3, 0.4) is 0 Å². The van der Waals surface area contributed by atoms with Gasteiger partial charge in [0.05, 0.1) is 0 Å². The number of nitrogens with zero attached hydrogens (tertiary/aromatic N) is 2. The van der Waals surface area contributed by atoms with Gasteiger partial charge in [0, 0.05) is 21.5 Å². The van der Waals surface area contributed by atoms with Crippen molar-refractivity contribution in [2.24, 2.45) is 0 Å². The highest BCUT2D eigenvalue weighted by atomic mass is 35.5. The number of fused-ring (bicyclic) bond motifs is 1. The monoisotopic (exact) mass is 325 g/mol. The topological polar surface area (TPSA) is 37.8 Å². The van der Waals surface area contributed by atoms with Crippen LogP contribution in [0.15, 0.2) is 48.5 Å². The van der Waals surface area contributed by atoms with Gasteiger partial charge in [0.2, 0.25) is 0 Å². The van der Waals surface area contributed by atoms with Crippen molar-refractivity contribution in [1.29, 1.82) is 0 Å². The number of rotatable bonds is 2. The molecular weight excluding hydrogens is 317 g/mol. The molecule has 0 radical (unpaired) electrons. The molecule has 0 saturated carbocycles. The first kappa shape index (κ1) is 14.9. The fourth-order valence-electron chi connectivity index (χ4n) is 1.83. The van der Waals surface area contributed by atoms with Crippen LogP contribution in [0.2, 0.25) is 10.2 Å². The number of aromatic nitrogens is 2. The molecule has 0 aliphatic rings. The highest BCUT2D eigenvalue weighted by Crippen LogP contribution is 2.27. The minimum absolute atomic E-state index is 0. The normalized spacial score (nSPS) is 10.1. The molecule has 0 fully saturated rings. The molecule has 2 aromatic carbocycles. The lowest BCUT2D eigenvalue weighted by atomic mass is 10.2. The fraction of sp³-hybridized carbons (Fsp3) is 0. The van der Waals surface area contributed by atoms with Crippen molar-refractivity contribution in [3.8, 4) is 0 Å². The van der Waals surface area contributed by atoms with Crippen molar-refractivity contribution < 1.29 is 0 Å².